The van der Waals surface area contributed by atoms with Crippen LogP contribution in [0.1, 0.15) is 5.56 Å². The maximum atomic E-state index is 12.0. The molecule has 0 radical (unpaired) electrons. The molecule has 0 aliphatic rings. The Morgan fingerprint density at radius 3 is 2.95 bits per heavy atom. The van der Waals surface area contributed by atoms with Crippen molar-refractivity contribution in [3.8, 4) is 6.07 Å². The molecule has 1 amide bonds. The predicted molar refractivity (Wildman–Crippen MR) is 77.3 cm³/mol. The van der Waals surface area contributed by atoms with E-state index in [-0.39, 0.29) is 12.5 Å². The van der Waals surface area contributed by atoms with Gasteiger partial charge in [-0.15, -0.1) is 5.10 Å². The van der Waals surface area contributed by atoms with Crippen molar-refractivity contribution in [1.82, 2.24) is 15.0 Å². The Hall–Kier alpha value is -3.20. The van der Waals surface area contributed by atoms with Gasteiger partial charge >= 0.3 is 0 Å². The summed E-state index contributed by atoms with van der Waals surface area (Å²) in [6, 6.07) is 16.2. The summed E-state index contributed by atoms with van der Waals surface area (Å²) in [7, 11) is 0. The molecular weight excluding hydrogens is 266 g/mol. The summed E-state index contributed by atoms with van der Waals surface area (Å²) in [4.78, 5) is 12.0. The summed E-state index contributed by atoms with van der Waals surface area (Å²) in [5.74, 6) is -0.222. The molecule has 0 saturated carbocycles. The SMILES string of the molecule is N#Cc1cccc(NC(=O)Cn2nnc3ccccc32)c1. The number of amides is 1. The number of para-hydroxylation sites is 1. The monoisotopic (exact) mass is 277 g/mol. The van der Waals surface area contributed by atoms with Gasteiger partial charge in [-0.25, -0.2) is 4.68 Å². The number of rotatable bonds is 3. The minimum Gasteiger partial charge on any atom is -0.324 e. The number of hydrogen-bond donors (Lipinski definition) is 1. The van der Waals surface area contributed by atoms with Crippen molar-refractivity contribution in [2.24, 2.45) is 0 Å². The van der Waals surface area contributed by atoms with Crippen LogP contribution in [0.3, 0.4) is 0 Å². The molecule has 6 heteroatoms. The minimum atomic E-state index is -0.222. The lowest BCUT2D eigenvalue weighted by Crippen LogP contribution is -2.19. The average molecular weight is 277 g/mol. The van der Waals surface area contributed by atoms with E-state index in [1.54, 1.807) is 28.9 Å². The number of hydrogen-bond acceptors (Lipinski definition) is 4. The van der Waals surface area contributed by atoms with E-state index in [9.17, 15) is 4.79 Å². The van der Waals surface area contributed by atoms with Crippen molar-refractivity contribution in [3.05, 3.63) is 54.1 Å². The van der Waals surface area contributed by atoms with Gasteiger partial charge in [0.1, 0.15) is 12.1 Å². The number of aromatic nitrogens is 3. The highest BCUT2D eigenvalue weighted by Crippen LogP contribution is 2.12. The molecule has 3 aromatic rings. The fourth-order valence-corrected chi connectivity index (χ4v) is 2.04. The summed E-state index contributed by atoms with van der Waals surface area (Å²) in [6.07, 6.45) is 0. The van der Waals surface area contributed by atoms with Crippen molar-refractivity contribution in [3.63, 3.8) is 0 Å². The first-order valence-electron chi connectivity index (χ1n) is 6.34. The molecule has 2 aromatic carbocycles. The largest absolute Gasteiger partial charge is 0.324 e. The molecule has 0 aliphatic carbocycles. The lowest BCUT2D eigenvalue weighted by molar-refractivity contribution is -0.116. The number of benzene rings is 2. The zero-order valence-corrected chi connectivity index (χ0v) is 11.0. The second kappa shape index (κ2) is 5.43. The molecule has 1 heterocycles. The number of nitrogens with zero attached hydrogens (tertiary/aromatic N) is 4. The second-order valence-electron chi connectivity index (χ2n) is 4.48. The summed E-state index contributed by atoms with van der Waals surface area (Å²) in [6.45, 7) is 0.0668. The molecule has 0 aliphatic heterocycles. The van der Waals surface area contributed by atoms with E-state index in [0.29, 0.717) is 11.3 Å². The molecule has 102 valence electrons. The van der Waals surface area contributed by atoms with Crippen LogP contribution < -0.4 is 5.32 Å². The van der Waals surface area contributed by atoms with Gasteiger partial charge in [0, 0.05) is 5.69 Å². The Labute approximate surface area is 120 Å². The summed E-state index contributed by atoms with van der Waals surface area (Å²) in [5, 5.41) is 19.5. The molecule has 0 unspecified atom stereocenters. The molecule has 0 fully saturated rings. The van der Waals surface area contributed by atoms with E-state index >= 15 is 0 Å². The normalized spacial score (nSPS) is 10.2. The van der Waals surface area contributed by atoms with Gasteiger partial charge in [0.25, 0.3) is 0 Å². The van der Waals surface area contributed by atoms with E-state index in [1.807, 2.05) is 30.3 Å². The smallest absolute Gasteiger partial charge is 0.246 e. The number of nitriles is 1. The second-order valence-corrected chi connectivity index (χ2v) is 4.48. The third kappa shape index (κ3) is 2.72. The van der Waals surface area contributed by atoms with Crippen LogP contribution in [0.4, 0.5) is 5.69 Å². The van der Waals surface area contributed by atoms with Gasteiger partial charge in [0.05, 0.1) is 17.1 Å². The summed E-state index contributed by atoms with van der Waals surface area (Å²) in [5.41, 5.74) is 2.64. The predicted octanol–water partition coefficient (Wildman–Crippen LogP) is 1.94. The standard InChI is InChI=1S/C15H11N5O/c16-9-11-4-3-5-12(8-11)17-15(21)10-20-14-7-2-1-6-13(14)18-19-20/h1-8H,10H2,(H,17,21). The minimum absolute atomic E-state index is 0.0668. The van der Waals surface area contributed by atoms with Crippen molar-refractivity contribution >= 4 is 22.6 Å². The summed E-state index contributed by atoms with van der Waals surface area (Å²) < 4.78 is 1.54. The van der Waals surface area contributed by atoms with Crippen LogP contribution in [0.25, 0.3) is 11.0 Å². The first-order chi connectivity index (χ1) is 10.3. The van der Waals surface area contributed by atoms with Crippen molar-refractivity contribution < 1.29 is 4.79 Å². The van der Waals surface area contributed by atoms with Crippen LogP contribution in [-0.4, -0.2) is 20.9 Å². The number of anilines is 1. The first kappa shape index (κ1) is 12.8. The Morgan fingerprint density at radius 2 is 2.10 bits per heavy atom. The topological polar surface area (TPSA) is 83.6 Å². The third-order valence-electron chi connectivity index (χ3n) is 2.99. The molecule has 1 aromatic heterocycles. The lowest BCUT2D eigenvalue weighted by atomic mass is 10.2. The highest BCUT2D eigenvalue weighted by atomic mass is 16.2. The Bertz CT molecular complexity index is 846. The fraction of sp³-hybridized carbons (Fsp3) is 0.0667. The Kier molecular flexibility index (Phi) is 3.31. The molecule has 0 atom stereocenters. The Balaban J connectivity index is 1.76. The van der Waals surface area contributed by atoms with Gasteiger partial charge in [0.15, 0.2) is 0 Å². The average Bonchev–Trinajstić information content (AvgIpc) is 2.91. The third-order valence-corrected chi connectivity index (χ3v) is 2.99. The lowest BCUT2D eigenvalue weighted by Gasteiger charge is -2.05. The van der Waals surface area contributed by atoms with Gasteiger partial charge in [-0.2, -0.15) is 5.26 Å². The molecular formula is C15H11N5O. The number of fused-ring (bicyclic) bond motifs is 1. The molecule has 0 saturated heterocycles. The fourth-order valence-electron chi connectivity index (χ4n) is 2.04. The molecule has 1 N–H and O–H groups in total. The van der Waals surface area contributed by atoms with E-state index in [0.717, 1.165) is 11.0 Å². The van der Waals surface area contributed by atoms with E-state index < -0.39 is 0 Å². The Morgan fingerprint density at radius 1 is 1.24 bits per heavy atom. The van der Waals surface area contributed by atoms with Gasteiger partial charge in [-0.1, -0.05) is 23.4 Å². The zero-order valence-electron chi connectivity index (χ0n) is 11.0. The van der Waals surface area contributed by atoms with E-state index in [1.165, 1.54) is 0 Å². The van der Waals surface area contributed by atoms with E-state index in [2.05, 4.69) is 15.6 Å². The van der Waals surface area contributed by atoms with Crippen molar-refractivity contribution in [2.75, 3.05) is 5.32 Å². The van der Waals surface area contributed by atoms with Crippen LogP contribution in [0.2, 0.25) is 0 Å². The zero-order chi connectivity index (χ0) is 14.7. The van der Waals surface area contributed by atoms with Crippen LogP contribution in [0.5, 0.6) is 0 Å². The highest BCUT2D eigenvalue weighted by Gasteiger charge is 2.08. The van der Waals surface area contributed by atoms with Crippen LogP contribution in [0, 0.1) is 11.3 Å². The highest BCUT2D eigenvalue weighted by molar-refractivity contribution is 5.91. The van der Waals surface area contributed by atoms with Crippen molar-refractivity contribution in [2.45, 2.75) is 6.54 Å². The van der Waals surface area contributed by atoms with E-state index in [4.69, 9.17) is 5.26 Å². The first-order valence-corrected chi connectivity index (χ1v) is 6.34. The molecule has 0 bridgehead atoms. The van der Waals surface area contributed by atoms with Gasteiger partial charge < -0.3 is 5.32 Å². The maximum absolute atomic E-state index is 12.0. The molecule has 6 nitrogen and oxygen atoms in total. The molecule has 21 heavy (non-hydrogen) atoms. The van der Waals surface area contributed by atoms with Gasteiger partial charge in [0.2, 0.25) is 5.91 Å². The quantitative estimate of drug-likeness (QED) is 0.793. The number of carbonyl (C=O) groups is 1. The number of nitrogens with one attached hydrogen (secondary N) is 1. The van der Waals surface area contributed by atoms with Crippen LogP contribution in [-0.2, 0) is 11.3 Å². The van der Waals surface area contributed by atoms with Crippen molar-refractivity contribution in [1.29, 1.82) is 5.26 Å². The van der Waals surface area contributed by atoms with Gasteiger partial charge in [-0.3, -0.25) is 4.79 Å². The molecule has 3 rings (SSSR count). The molecule has 0 spiro atoms. The summed E-state index contributed by atoms with van der Waals surface area (Å²) >= 11 is 0. The number of carbonyl (C=O) groups excluding carboxylic acids is 1. The van der Waals surface area contributed by atoms with Gasteiger partial charge in [-0.05, 0) is 30.3 Å². The maximum Gasteiger partial charge on any atom is 0.246 e. The van der Waals surface area contributed by atoms with Crippen LogP contribution >= 0.6 is 0 Å². The van der Waals surface area contributed by atoms with Crippen LogP contribution in [0.15, 0.2) is 48.5 Å².